The average molecular weight is 231 g/mol. The minimum Gasteiger partial charge on any atom is -0.273 e. The van der Waals surface area contributed by atoms with Crippen LogP contribution in [-0.2, 0) is 7.05 Å². The molecule has 0 fully saturated rings. The molecule has 0 aromatic carbocycles. The maximum absolute atomic E-state index is 11.6. The first kappa shape index (κ1) is 10.9. The van der Waals surface area contributed by atoms with Crippen molar-refractivity contribution < 1.29 is 0 Å². The summed E-state index contributed by atoms with van der Waals surface area (Å²) in [4.78, 5) is 24.9. The third kappa shape index (κ3) is 1.76. The van der Waals surface area contributed by atoms with Crippen molar-refractivity contribution in [3.63, 3.8) is 0 Å². The third-order valence-electron chi connectivity index (χ3n) is 2.31. The Kier molecular flexibility index (Phi) is 2.40. The van der Waals surface area contributed by atoms with Gasteiger partial charge in [0.25, 0.3) is 5.56 Å². The Balaban J connectivity index is 2.77. The van der Waals surface area contributed by atoms with E-state index in [-0.39, 0.29) is 5.56 Å². The Morgan fingerprint density at radius 1 is 1.41 bits per heavy atom. The van der Waals surface area contributed by atoms with Crippen LogP contribution in [-0.4, -0.2) is 19.3 Å². The molecule has 17 heavy (non-hydrogen) atoms. The number of aromatic nitrogens is 4. The van der Waals surface area contributed by atoms with Crippen molar-refractivity contribution in [2.45, 2.75) is 6.92 Å². The molecule has 0 saturated carbocycles. The first-order valence-corrected chi connectivity index (χ1v) is 4.79. The Hall–Kier alpha value is -2.62. The van der Waals surface area contributed by atoms with Crippen LogP contribution in [0.15, 0.2) is 22.0 Å². The Labute approximate surface area is 95.6 Å². The average Bonchev–Trinajstić information content (AvgIpc) is 2.58. The maximum atomic E-state index is 11.6. The van der Waals surface area contributed by atoms with Gasteiger partial charge in [-0.15, -0.1) is 0 Å². The second kappa shape index (κ2) is 3.75. The summed E-state index contributed by atoms with van der Waals surface area (Å²) in [5.41, 5.74) is -0.232. The van der Waals surface area contributed by atoms with Crippen LogP contribution < -0.4 is 11.2 Å². The minimum absolute atomic E-state index is 0.118. The van der Waals surface area contributed by atoms with Crippen molar-refractivity contribution in [2.24, 2.45) is 7.05 Å². The maximum Gasteiger partial charge on any atom is 0.333 e. The van der Waals surface area contributed by atoms with Gasteiger partial charge in [0.1, 0.15) is 11.6 Å². The van der Waals surface area contributed by atoms with E-state index in [0.717, 1.165) is 0 Å². The van der Waals surface area contributed by atoms with Gasteiger partial charge in [0.2, 0.25) is 0 Å². The highest BCUT2D eigenvalue weighted by atomic mass is 16.2. The minimum atomic E-state index is -0.685. The fourth-order valence-electron chi connectivity index (χ4n) is 1.55. The third-order valence-corrected chi connectivity index (χ3v) is 2.31. The zero-order chi connectivity index (χ0) is 12.6. The summed E-state index contributed by atoms with van der Waals surface area (Å²) in [6.07, 6.45) is 2.85. The summed E-state index contributed by atoms with van der Waals surface area (Å²) in [5, 5.41) is 12.8. The van der Waals surface area contributed by atoms with Gasteiger partial charge in [0.15, 0.2) is 0 Å². The van der Waals surface area contributed by atoms with E-state index in [1.165, 1.54) is 10.8 Å². The second-order valence-corrected chi connectivity index (χ2v) is 3.56. The molecule has 2 aromatic heterocycles. The largest absolute Gasteiger partial charge is 0.333 e. The fraction of sp³-hybridized carbons (Fsp3) is 0.200. The van der Waals surface area contributed by atoms with Gasteiger partial charge in [-0.05, 0) is 6.92 Å². The van der Waals surface area contributed by atoms with Gasteiger partial charge < -0.3 is 0 Å². The van der Waals surface area contributed by atoms with Gasteiger partial charge in [-0.25, -0.2) is 4.79 Å². The van der Waals surface area contributed by atoms with Crippen LogP contribution in [0.1, 0.15) is 11.3 Å². The molecule has 0 spiro atoms. The van der Waals surface area contributed by atoms with E-state index in [2.05, 4.69) is 10.1 Å². The van der Waals surface area contributed by atoms with Gasteiger partial charge in [-0.2, -0.15) is 10.4 Å². The van der Waals surface area contributed by atoms with Gasteiger partial charge in [-0.1, -0.05) is 0 Å². The van der Waals surface area contributed by atoms with Crippen molar-refractivity contribution in [1.82, 2.24) is 19.3 Å². The number of nitrogens with zero attached hydrogens (tertiary/aromatic N) is 4. The molecular weight excluding hydrogens is 222 g/mol. The fourth-order valence-corrected chi connectivity index (χ4v) is 1.55. The van der Waals surface area contributed by atoms with Gasteiger partial charge >= 0.3 is 5.69 Å². The number of aryl methyl sites for hydroxylation is 2. The SMILES string of the molecule is Cc1nn(C)cc1-n1cc(C#N)c(=O)[nH]c1=O. The first-order chi connectivity index (χ1) is 8.02. The molecule has 0 atom stereocenters. The van der Waals surface area contributed by atoms with Crippen LogP contribution in [0.4, 0.5) is 0 Å². The van der Waals surface area contributed by atoms with Crippen molar-refractivity contribution >= 4 is 0 Å². The molecule has 0 unspecified atom stereocenters. The summed E-state index contributed by atoms with van der Waals surface area (Å²) >= 11 is 0. The van der Waals surface area contributed by atoms with Crippen molar-refractivity contribution in [1.29, 1.82) is 5.26 Å². The molecule has 1 N–H and O–H groups in total. The molecular formula is C10H9N5O2. The van der Waals surface area contributed by atoms with E-state index in [9.17, 15) is 9.59 Å². The number of aromatic amines is 1. The van der Waals surface area contributed by atoms with E-state index < -0.39 is 11.2 Å². The molecule has 2 heterocycles. The standard InChI is InChI=1S/C10H9N5O2/c1-6-8(5-14(2)13-6)15-4-7(3-11)9(16)12-10(15)17/h4-5H,1-2H3,(H,12,16,17). The molecule has 7 nitrogen and oxygen atoms in total. The molecule has 0 radical (unpaired) electrons. The van der Waals surface area contributed by atoms with Crippen LogP contribution in [0, 0.1) is 18.3 Å². The predicted molar refractivity (Wildman–Crippen MR) is 58.9 cm³/mol. The van der Waals surface area contributed by atoms with E-state index in [1.807, 2.05) is 0 Å². The van der Waals surface area contributed by atoms with E-state index in [0.29, 0.717) is 11.4 Å². The molecule has 7 heteroatoms. The zero-order valence-corrected chi connectivity index (χ0v) is 9.26. The summed E-state index contributed by atoms with van der Waals surface area (Å²) in [6.45, 7) is 1.74. The Bertz CT molecular complexity index is 728. The van der Waals surface area contributed by atoms with Crippen molar-refractivity contribution in [3.05, 3.63) is 44.5 Å². The van der Waals surface area contributed by atoms with E-state index >= 15 is 0 Å². The molecule has 2 aromatic rings. The lowest BCUT2D eigenvalue weighted by Gasteiger charge is -2.02. The van der Waals surface area contributed by atoms with Crippen LogP contribution in [0.2, 0.25) is 0 Å². The Morgan fingerprint density at radius 2 is 2.12 bits per heavy atom. The summed E-state index contributed by atoms with van der Waals surface area (Å²) in [6, 6.07) is 1.73. The number of H-pyrrole nitrogens is 1. The van der Waals surface area contributed by atoms with Gasteiger partial charge in [0.05, 0.1) is 11.4 Å². The normalized spacial score (nSPS) is 10.2. The second-order valence-electron chi connectivity index (χ2n) is 3.56. The number of hydrogen-bond acceptors (Lipinski definition) is 4. The molecule has 0 aliphatic carbocycles. The molecule has 0 bridgehead atoms. The van der Waals surface area contributed by atoms with E-state index in [4.69, 9.17) is 5.26 Å². The topological polar surface area (TPSA) is 96.5 Å². The molecule has 0 amide bonds. The molecule has 2 rings (SSSR count). The van der Waals surface area contributed by atoms with Crippen LogP contribution in [0.5, 0.6) is 0 Å². The number of rotatable bonds is 1. The number of hydrogen-bond donors (Lipinski definition) is 1. The highest BCUT2D eigenvalue weighted by molar-refractivity contribution is 5.35. The van der Waals surface area contributed by atoms with Crippen molar-refractivity contribution in [3.8, 4) is 11.8 Å². The van der Waals surface area contributed by atoms with Crippen LogP contribution in [0.3, 0.4) is 0 Å². The predicted octanol–water partition coefficient (Wildman–Crippen LogP) is -0.561. The quantitative estimate of drug-likeness (QED) is 0.711. The Morgan fingerprint density at radius 3 is 2.65 bits per heavy atom. The number of nitriles is 1. The van der Waals surface area contributed by atoms with Crippen LogP contribution >= 0.6 is 0 Å². The van der Waals surface area contributed by atoms with Gasteiger partial charge in [-0.3, -0.25) is 19.0 Å². The lowest BCUT2D eigenvalue weighted by atomic mass is 10.3. The highest BCUT2D eigenvalue weighted by Crippen LogP contribution is 2.08. The molecule has 0 saturated heterocycles. The van der Waals surface area contributed by atoms with E-state index in [1.54, 1.807) is 30.9 Å². The highest BCUT2D eigenvalue weighted by Gasteiger charge is 2.10. The number of nitrogens with one attached hydrogen (secondary N) is 1. The van der Waals surface area contributed by atoms with Crippen molar-refractivity contribution in [2.75, 3.05) is 0 Å². The first-order valence-electron chi connectivity index (χ1n) is 4.79. The van der Waals surface area contributed by atoms with Gasteiger partial charge in [0, 0.05) is 19.4 Å². The summed E-state index contributed by atoms with van der Waals surface area (Å²) < 4.78 is 2.75. The summed E-state index contributed by atoms with van der Waals surface area (Å²) in [7, 11) is 1.72. The zero-order valence-electron chi connectivity index (χ0n) is 9.26. The summed E-state index contributed by atoms with van der Waals surface area (Å²) in [5.74, 6) is 0. The molecule has 0 aliphatic rings. The smallest absolute Gasteiger partial charge is 0.273 e. The molecule has 0 aliphatic heterocycles. The monoisotopic (exact) mass is 231 g/mol. The lowest BCUT2D eigenvalue weighted by Crippen LogP contribution is -2.30. The van der Waals surface area contributed by atoms with Crippen LogP contribution in [0.25, 0.3) is 5.69 Å². The molecule has 86 valence electrons. The lowest BCUT2D eigenvalue weighted by molar-refractivity contribution is 0.756.